The number of nitrogens with one attached hydrogen (secondary N) is 2. The van der Waals surface area contributed by atoms with Crippen molar-refractivity contribution in [2.24, 2.45) is 4.99 Å². The Hall–Kier alpha value is -1.78. The van der Waals surface area contributed by atoms with E-state index in [1.54, 1.807) is 7.05 Å². The van der Waals surface area contributed by atoms with Crippen molar-refractivity contribution < 1.29 is 9.13 Å². The monoisotopic (exact) mass is 513 g/mol. The number of nitrogens with zero attached hydrogens (tertiary/aromatic N) is 3. The highest BCUT2D eigenvalue weighted by Crippen LogP contribution is 2.21. The molecule has 1 atom stereocenters. The van der Waals surface area contributed by atoms with Crippen LogP contribution < -0.4 is 10.6 Å². The van der Waals surface area contributed by atoms with Crippen LogP contribution in [0.15, 0.2) is 47.5 Å². The number of ether oxygens (including phenoxy) is 1. The van der Waals surface area contributed by atoms with Gasteiger partial charge in [0.2, 0.25) is 0 Å². The summed E-state index contributed by atoms with van der Waals surface area (Å²) in [6, 6.07) is 12.8. The van der Waals surface area contributed by atoms with Gasteiger partial charge >= 0.3 is 0 Å². The van der Waals surface area contributed by atoms with Crippen molar-refractivity contribution >= 4 is 29.9 Å². The Balaban J connectivity index is 0.00000300. The minimum absolute atomic E-state index is 0. The van der Waals surface area contributed by atoms with Gasteiger partial charge < -0.3 is 15.4 Å². The van der Waals surface area contributed by atoms with Crippen molar-refractivity contribution in [2.75, 3.05) is 39.9 Å². The van der Waals surface area contributed by atoms with Crippen LogP contribution >= 0.6 is 24.0 Å². The molecule has 2 heterocycles. The first-order valence-corrected chi connectivity index (χ1v) is 9.60. The van der Waals surface area contributed by atoms with E-state index in [0.29, 0.717) is 32.3 Å². The summed E-state index contributed by atoms with van der Waals surface area (Å²) in [5.41, 5.74) is 3.03. The zero-order valence-electron chi connectivity index (χ0n) is 16.9. The number of benzene rings is 1. The Bertz CT molecular complexity index is 781. The van der Waals surface area contributed by atoms with Gasteiger partial charge in [0, 0.05) is 32.4 Å². The number of morpholine rings is 1. The number of rotatable bonds is 6. The largest absolute Gasteiger partial charge is 0.379 e. The lowest BCUT2D eigenvalue weighted by molar-refractivity contribution is 0.0170. The Labute approximate surface area is 189 Å². The Morgan fingerprint density at radius 2 is 1.90 bits per heavy atom. The minimum Gasteiger partial charge on any atom is -0.379 e. The summed E-state index contributed by atoms with van der Waals surface area (Å²) in [6.45, 7) is 6.36. The summed E-state index contributed by atoms with van der Waals surface area (Å²) >= 11 is 0. The van der Waals surface area contributed by atoms with Crippen LogP contribution in [0.1, 0.15) is 23.0 Å². The zero-order valence-corrected chi connectivity index (χ0v) is 19.2. The SMILES string of the molecule is CN=C(NCc1cccc(C)n1)NCC(c1ccc(F)cc1)N1CCOCC1.I. The van der Waals surface area contributed by atoms with Crippen LogP contribution in [0.3, 0.4) is 0 Å². The molecule has 1 saturated heterocycles. The highest BCUT2D eigenvalue weighted by Gasteiger charge is 2.23. The quantitative estimate of drug-likeness (QED) is 0.354. The van der Waals surface area contributed by atoms with Crippen LogP contribution in [0, 0.1) is 12.7 Å². The predicted octanol–water partition coefficient (Wildman–Crippen LogP) is 2.89. The van der Waals surface area contributed by atoms with Gasteiger partial charge in [-0.2, -0.15) is 0 Å². The summed E-state index contributed by atoms with van der Waals surface area (Å²) in [6.07, 6.45) is 0. The summed E-state index contributed by atoms with van der Waals surface area (Å²) in [5.74, 6) is 0.490. The van der Waals surface area contributed by atoms with E-state index in [2.05, 4.69) is 25.5 Å². The van der Waals surface area contributed by atoms with Gasteiger partial charge in [0.05, 0.1) is 31.5 Å². The molecule has 0 saturated carbocycles. The first-order valence-electron chi connectivity index (χ1n) is 9.60. The van der Waals surface area contributed by atoms with E-state index in [4.69, 9.17) is 4.74 Å². The molecular weight excluding hydrogens is 484 g/mol. The Kier molecular flexibility index (Phi) is 9.75. The van der Waals surface area contributed by atoms with Gasteiger partial charge in [0.25, 0.3) is 0 Å². The molecule has 1 aliphatic heterocycles. The normalized spacial score (nSPS) is 16.0. The summed E-state index contributed by atoms with van der Waals surface area (Å²) in [5, 5.41) is 6.70. The summed E-state index contributed by atoms with van der Waals surface area (Å²) in [4.78, 5) is 11.2. The molecular formula is C21H29FIN5O. The predicted molar refractivity (Wildman–Crippen MR) is 124 cm³/mol. The second-order valence-electron chi connectivity index (χ2n) is 6.79. The number of guanidine groups is 1. The second kappa shape index (κ2) is 12.0. The van der Waals surface area contributed by atoms with E-state index in [1.165, 1.54) is 12.1 Å². The standard InChI is InChI=1S/C21H28FN5O.HI/c1-16-4-3-5-19(26-16)14-24-21(23-2)25-15-20(27-10-12-28-13-11-27)17-6-8-18(22)9-7-17;/h3-9,20H,10-15H2,1-2H3,(H2,23,24,25);1H. The fraction of sp³-hybridized carbons (Fsp3) is 0.429. The van der Waals surface area contributed by atoms with Gasteiger partial charge in [-0.25, -0.2) is 4.39 Å². The smallest absolute Gasteiger partial charge is 0.191 e. The number of pyridine rings is 1. The molecule has 158 valence electrons. The average molecular weight is 513 g/mol. The number of aliphatic imine (C=N–C) groups is 1. The van der Waals surface area contributed by atoms with Crippen molar-refractivity contribution in [3.8, 4) is 0 Å². The first kappa shape index (κ1) is 23.5. The molecule has 1 aromatic heterocycles. The van der Waals surface area contributed by atoms with Crippen molar-refractivity contribution in [2.45, 2.75) is 19.5 Å². The van der Waals surface area contributed by atoms with Crippen molar-refractivity contribution in [3.05, 3.63) is 65.2 Å². The number of aryl methyl sites for hydroxylation is 1. The maximum absolute atomic E-state index is 13.4. The second-order valence-corrected chi connectivity index (χ2v) is 6.79. The number of halogens is 2. The molecule has 1 aliphatic rings. The van der Waals surface area contributed by atoms with Crippen LogP contribution in [-0.2, 0) is 11.3 Å². The van der Waals surface area contributed by atoms with Crippen LogP contribution in [0.5, 0.6) is 0 Å². The maximum atomic E-state index is 13.4. The summed E-state index contributed by atoms with van der Waals surface area (Å²) in [7, 11) is 1.75. The van der Waals surface area contributed by atoms with E-state index in [-0.39, 0.29) is 35.8 Å². The third kappa shape index (κ3) is 7.20. The third-order valence-electron chi connectivity index (χ3n) is 4.81. The molecule has 0 radical (unpaired) electrons. The van der Waals surface area contributed by atoms with Gasteiger partial charge in [-0.1, -0.05) is 18.2 Å². The van der Waals surface area contributed by atoms with E-state index in [9.17, 15) is 4.39 Å². The van der Waals surface area contributed by atoms with Gasteiger partial charge in [-0.05, 0) is 36.8 Å². The van der Waals surface area contributed by atoms with Crippen molar-refractivity contribution in [1.82, 2.24) is 20.5 Å². The van der Waals surface area contributed by atoms with Crippen LogP contribution in [-0.4, -0.2) is 55.7 Å². The van der Waals surface area contributed by atoms with E-state index >= 15 is 0 Å². The summed E-state index contributed by atoms with van der Waals surface area (Å²) < 4.78 is 18.9. The van der Waals surface area contributed by atoms with E-state index in [1.807, 2.05) is 37.3 Å². The van der Waals surface area contributed by atoms with E-state index < -0.39 is 0 Å². The number of aromatic nitrogens is 1. The van der Waals surface area contributed by atoms with Crippen molar-refractivity contribution in [3.63, 3.8) is 0 Å². The van der Waals surface area contributed by atoms with Crippen LogP contribution in [0.25, 0.3) is 0 Å². The zero-order chi connectivity index (χ0) is 19.8. The van der Waals surface area contributed by atoms with Crippen LogP contribution in [0.4, 0.5) is 4.39 Å². The molecule has 0 spiro atoms. The van der Waals surface area contributed by atoms with E-state index in [0.717, 1.165) is 30.0 Å². The van der Waals surface area contributed by atoms with Gasteiger partial charge in [-0.15, -0.1) is 24.0 Å². The minimum atomic E-state index is -0.222. The molecule has 3 rings (SSSR count). The Morgan fingerprint density at radius 1 is 1.17 bits per heavy atom. The van der Waals surface area contributed by atoms with Crippen molar-refractivity contribution in [1.29, 1.82) is 0 Å². The number of hydrogen-bond donors (Lipinski definition) is 2. The lowest BCUT2D eigenvalue weighted by atomic mass is 10.0. The average Bonchev–Trinajstić information content (AvgIpc) is 2.72. The molecule has 0 aliphatic carbocycles. The number of hydrogen-bond acceptors (Lipinski definition) is 4. The lowest BCUT2D eigenvalue weighted by Gasteiger charge is -2.35. The van der Waals surface area contributed by atoms with Gasteiger partial charge in [0.15, 0.2) is 5.96 Å². The highest BCUT2D eigenvalue weighted by molar-refractivity contribution is 14.0. The Morgan fingerprint density at radius 3 is 2.55 bits per heavy atom. The molecule has 0 bridgehead atoms. The highest BCUT2D eigenvalue weighted by atomic mass is 127. The molecule has 2 N–H and O–H groups in total. The third-order valence-corrected chi connectivity index (χ3v) is 4.81. The van der Waals surface area contributed by atoms with Crippen LogP contribution in [0.2, 0.25) is 0 Å². The molecule has 29 heavy (non-hydrogen) atoms. The lowest BCUT2D eigenvalue weighted by Crippen LogP contribution is -2.46. The fourth-order valence-corrected chi connectivity index (χ4v) is 3.32. The fourth-order valence-electron chi connectivity index (χ4n) is 3.32. The molecule has 1 aromatic carbocycles. The molecule has 1 unspecified atom stereocenters. The first-order chi connectivity index (χ1) is 13.7. The molecule has 1 fully saturated rings. The topological polar surface area (TPSA) is 61.8 Å². The van der Waals surface area contributed by atoms with Gasteiger partial charge in [0.1, 0.15) is 5.82 Å². The molecule has 0 amide bonds. The molecule has 2 aromatic rings. The molecule has 6 nitrogen and oxygen atoms in total. The molecule has 8 heteroatoms. The maximum Gasteiger partial charge on any atom is 0.191 e. The van der Waals surface area contributed by atoms with Gasteiger partial charge in [-0.3, -0.25) is 14.9 Å².